The van der Waals surface area contributed by atoms with E-state index in [1.807, 2.05) is 7.05 Å². The van der Waals surface area contributed by atoms with Crippen LogP contribution in [0.25, 0.3) is 0 Å². The first-order chi connectivity index (χ1) is 11.9. The second-order valence-electron chi connectivity index (χ2n) is 6.09. The highest BCUT2D eigenvalue weighted by molar-refractivity contribution is 7.90. The highest BCUT2D eigenvalue weighted by Crippen LogP contribution is 2.18. The van der Waals surface area contributed by atoms with Crippen LogP contribution in [0.15, 0.2) is 33.7 Å². The fourth-order valence-corrected chi connectivity index (χ4v) is 3.27. The van der Waals surface area contributed by atoms with Crippen molar-refractivity contribution in [3.8, 4) is 5.75 Å². The maximum atomic E-state index is 11.4. The van der Waals surface area contributed by atoms with E-state index in [4.69, 9.17) is 9.26 Å². The molecule has 1 saturated heterocycles. The number of ether oxygens (including phenoxy) is 1. The van der Waals surface area contributed by atoms with Gasteiger partial charge in [-0.2, -0.15) is 4.98 Å². The van der Waals surface area contributed by atoms with Gasteiger partial charge in [0.05, 0.1) is 24.0 Å². The summed E-state index contributed by atoms with van der Waals surface area (Å²) in [4.78, 5) is 6.91. The highest BCUT2D eigenvalue weighted by Gasteiger charge is 2.25. The predicted molar refractivity (Wildman–Crippen MR) is 91.3 cm³/mol. The Bertz CT molecular complexity index is 804. The minimum absolute atomic E-state index is 0.121. The molecule has 1 N–H and O–H groups in total. The second kappa shape index (κ2) is 7.51. The molecule has 1 aliphatic heterocycles. The van der Waals surface area contributed by atoms with Gasteiger partial charge in [-0.3, -0.25) is 4.90 Å². The summed E-state index contributed by atoms with van der Waals surface area (Å²) in [6, 6.07) is 6.45. The molecular formula is C16H22N4O4S. The predicted octanol–water partition coefficient (Wildman–Crippen LogP) is 0.671. The van der Waals surface area contributed by atoms with Crippen molar-refractivity contribution in [3.63, 3.8) is 0 Å². The third-order valence-corrected chi connectivity index (χ3v) is 5.26. The van der Waals surface area contributed by atoms with Crippen molar-refractivity contribution in [1.29, 1.82) is 0 Å². The molecule has 3 rings (SSSR count). The van der Waals surface area contributed by atoms with Gasteiger partial charge in [-0.25, -0.2) is 8.42 Å². The average molecular weight is 366 g/mol. The third kappa shape index (κ3) is 4.56. The number of nitrogens with zero attached hydrogens (tertiary/aromatic N) is 3. The van der Waals surface area contributed by atoms with Crippen molar-refractivity contribution in [2.24, 2.45) is 0 Å². The molecule has 8 nitrogen and oxygen atoms in total. The molecular weight excluding hydrogens is 344 g/mol. The Morgan fingerprint density at radius 3 is 2.80 bits per heavy atom. The van der Waals surface area contributed by atoms with Gasteiger partial charge in [-0.15, -0.1) is 0 Å². The fraction of sp³-hybridized carbons (Fsp3) is 0.500. The Hall–Kier alpha value is -1.97. The first kappa shape index (κ1) is 17.8. The molecule has 0 bridgehead atoms. The van der Waals surface area contributed by atoms with Gasteiger partial charge in [0.1, 0.15) is 5.75 Å². The van der Waals surface area contributed by atoms with Crippen LogP contribution in [0.1, 0.15) is 17.8 Å². The van der Waals surface area contributed by atoms with Gasteiger partial charge in [-0.05, 0) is 31.3 Å². The molecule has 0 radical (unpaired) electrons. The van der Waals surface area contributed by atoms with Crippen LogP contribution in [0.5, 0.6) is 5.75 Å². The molecule has 2 aromatic rings. The molecule has 1 aromatic carbocycles. The van der Waals surface area contributed by atoms with Crippen molar-refractivity contribution in [2.75, 3.05) is 39.5 Å². The number of hydrogen-bond acceptors (Lipinski definition) is 8. The summed E-state index contributed by atoms with van der Waals surface area (Å²) in [5.41, 5.74) is 0. The van der Waals surface area contributed by atoms with Crippen LogP contribution in [-0.4, -0.2) is 63.0 Å². The minimum atomic E-state index is -3.19. The third-order valence-electron chi connectivity index (χ3n) is 4.13. The number of sulfone groups is 1. The molecule has 0 spiro atoms. The fourth-order valence-electron chi connectivity index (χ4n) is 2.64. The van der Waals surface area contributed by atoms with Crippen LogP contribution in [0.3, 0.4) is 0 Å². The van der Waals surface area contributed by atoms with Gasteiger partial charge in [-0.1, -0.05) is 5.16 Å². The first-order valence-corrected chi connectivity index (χ1v) is 9.99. The summed E-state index contributed by atoms with van der Waals surface area (Å²) in [5.74, 6) is 1.81. The molecule has 0 saturated carbocycles. The number of piperazine rings is 1. The zero-order chi connectivity index (χ0) is 17.9. The molecule has 2 heterocycles. The molecule has 136 valence electrons. The zero-order valence-electron chi connectivity index (χ0n) is 14.3. The summed E-state index contributed by atoms with van der Waals surface area (Å²) in [7, 11) is -1.15. The van der Waals surface area contributed by atoms with Crippen LogP contribution < -0.4 is 10.1 Å². The maximum Gasteiger partial charge on any atom is 0.230 e. The molecule has 1 atom stereocenters. The van der Waals surface area contributed by atoms with Crippen LogP contribution in [0.4, 0.5) is 0 Å². The second-order valence-corrected chi connectivity index (χ2v) is 8.10. The number of rotatable bonds is 6. The molecule has 9 heteroatoms. The van der Waals surface area contributed by atoms with Gasteiger partial charge in [0, 0.05) is 25.9 Å². The number of aromatic nitrogens is 2. The van der Waals surface area contributed by atoms with Gasteiger partial charge in [0.15, 0.2) is 15.7 Å². The number of hydrogen-bond donors (Lipinski definition) is 1. The minimum Gasteiger partial charge on any atom is -0.493 e. The topological polar surface area (TPSA) is 97.6 Å². The Balaban J connectivity index is 1.52. The van der Waals surface area contributed by atoms with Crippen molar-refractivity contribution in [1.82, 2.24) is 20.4 Å². The van der Waals surface area contributed by atoms with Crippen LogP contribution in [-0.2, 0) is 16.3 Å². The summed E-state index contributed by atoms with van der Waals surface area (Å²) in [5, 5.41) is 7.39. The zero-order valence-corrected chi connectivity index (χ0v) is 15.1. The van der Waals surface area contributed by atoms with E-state index < -0.39 is 9.84 Å². The lowest BCUT2D eigenvalue weighted by molar-refractivity contribution is 0.190. The van der Waals surface area contributed by atoms with Crippen molar-refractivity contribution in [3.05, 3.63) is 36.0 Å². The monoisotopic (exact) mass is 366 g/mol. The summed E-state index contributed by atoms with van der Waals surface area (Å²) in [6.07, 6.45) is 1.67. The number of nitrogens with one attached hydrogen (secondary N) is 1. The van der Waals surface area contributed by atoms with E-state index in [2.05, 4.69) is 20.4 Å². The van der Waals surface area contributed by atoms with Crippen molar-refractivity contribution < 1.29 is 17.7 Å². The lowest BCUT2D eigenvalue weighted by Crippen LogP contribution is -2.44. The van der Waals surface area contributed by atoms with Crippen molar-refractivity contribution >= 4 is 9.84 Å². The molecule has 0 aliphatic carbocycles. The lowest BCUT2D eigenvalue weighted by Gasteiger charge is -2.30. The SMILES string of the molecule is CN1CCNCC1c1noc(CCOc2ccc(S(C)(=O)=O)cc2)n1. The number of likely N-dealkylation sites (N-methyl/N-ethyl adjacent to an activating group) is 1. The standard InChI is InChI=1S/C16H22N4O4S/c1-20-9-8-17-11-14(20)16-18-15(24-19-16)7-10-23-12-3-5-13(6-4-12)25(2,21)22/h3-6,14,17H,7-11H2,1-2H3. The van der Waals surface area contributed by atoms with E-state index >= 15 is 0 Å². The van der Waals surface area contributed by atoms with Gasteiger partial charge in [0.25, 0.3) is 0 Å². The van der Waals surface area contributed by atoms with E-state index in [-0.39, 0.29) is 10.9 Å². The number of benzene rings is 1. The van der Waals surface area contributed by atoms with E-state index in [9.17, 15) is 8.42 Å². The Labute approximate surface area is 147 Å². The van der Waals surface area contributed by atoms with E-state index in [0.29, 0.717) is 30.5 Å². The Morgan fingerprint density at radius 1 is 1.36 bits per heavy atom. The lowest BCUT2D eigenvalue weighted by atomic mass is 10.2. The van der Waals surface area contributed by atoms with Gasteiger partial charge < -0.3 is 14.6 Å². The van der Waals surface area contributed by atoms with Crippen LogP contribution in [0.2, 0.25) is 0 Å². The van der Waals surface area contributed by atoms with E-state index in [0.717, 1.165) is 19.6 Å². The largest absolute Gasteiger partial charge is 0.493 e. The Kier molecular flexibility index (Phi) is 5.36. The van der Waals surface area contributed by atoms with Gasteiger partial charge in [0.2, 0.25) is 5.89 Å². The normalized spacial score (nSPS) is 19.0. The molecule has 1 aliphatic rings. The summed E-state index contributed by atoms with van der Waals surface area (Å²) < 4.78 is 33.7. The quantitative estimate of drug-likeness (QED) is 0.797. The molecule has 1 aromatic heterocycles. The molecule has 1 unspecified atom stereocenters. The Morgan fingerprint density at radius 2 is 2.12 bits per heavy atom. The van der Waals surface area contributed by atoms with Crippen molar-refractivity contribution in [2.45, 2.75) is 17.4 Å². The van der Waals surface area contributed by atoms with E-state index in [1.165, 1.54) is 18.4 Å². The highest BCUT2D eigenvalue weighted by atomic mass is 32.2. The van der Waals surface area contributed by atoms with Crippen LogP contribution in [0, 0.1) is 0 Å². The smallest absolute Gasteiger partial charge is 0.230 e. The molecule has 25 heavy (non-hydrogen) atoms. The molecule has 0 amide bonds. The van der Waals surface area contributed by atoms with Crippen LogP contribution >= 0.6 is 0 Å². The first-order valence-electron chi connectivity index (χ1n) is 8.10. The maximum absolute atomic E-state index is 11.4. The average Bonchev–Trinajstić information content (AvgIpc) is 3.03. The van der Waals surface area contributed by atoms with E-state index in [1.54, 1.807) is 12.1 Å². The summed E-state index contributed by atoms with van der Waals surface area (Å²) in [6.45, 7) is 3.09. The van der Waals surface area contributed by atoms with Gasteiger partial charge >= 0.3 is 0 Å². The summed E-state index contributed by atoms with van der Waals surface area (Å²) >= 11 is 0. The molecule has 1 fully saturated rings.